The molecular formula is C18H14Cl2N4OS. The van der Waals surface area contributed by atoms with E-state index in [9.17, 15) is 0 Å². The molecule has 1 heterocycles. The van der Waals surface area contributed by atoms with Crippen LogP contribution >= 0.6 is 35.4 Å². The molecule has 0 bridgehead atoms. The van der Waals surface area contributed by atoms with Crippen molar-refractivity contribution < 1.29 is 4.74 Å². The molecule has 1 aromatic heterocycles. The molecule has 3 rings (SSSR count). The van der Waals surface area contributed by atoms with Crippen molar-refractivity contribution >= 4 is 47.7 Å². The lowest BCUT2D eigenvalue weighted by atomic mass is 10.2. The Hall–Kier alpha value is -2.41. The number of H-pyrrole nitrogens is 1. The highest BCUT2D eigenvalue weighted by atomic mass is 35.5. The largest absolute Gasteiger partial charge is 0.496 e. The van der Waals surface area contributed by atoms with E-state index in [4.69, 9.17) is 40.2 Å². The van der Waals surface area contributed by atoms with Crippen molar-refractivity contribution in [2.45, 2.75) is 0 Å². The molecule has 0 amide bonds. The third-order valence-corrected chi connectivity index (χ3v) is 4.32. The third-order valence-electron chi connectivity index (χ3n) is 3.51. The molecule has 0 aliphatic rings. The molecule has 0 aliphatic carbocycles. The first-order chi connectivity index (χ1) is 12.6. The number of aromatic amines is 1. The van der Waals surface area contributed by atoms with E-state index in [1.165, 1.54) is 4.68 Å². The Balaban J connectivity index is 1.89. The fourth-order valence-electron chi connectivity index (χ4n) is 2.30. The summed E-state index contributed by atoms with van der Waals surface area (Å²) in [6.45, 7) is 0. The van der Waals surface area contributed by atoms with Gasteiger partial charge in [-0.25, -0.2) is 5.10 Å². The van der Waals surface area contributed by atoms with E-state index in [0.29, 0.717) is 26.2 Å². The van der Waals surface area contributed by atoms with Gasteiger partial charge in [-0.15, -0.1) is 0 Å². The maximum absolute atomic E-state index is 6.25. The van der Waals surface area contributed by atoms with E-state index >= 15 is 0 Å². The Bertz CT molecular complexity index is 1040. The van der Waals surface area contributed by atoms with Crippen molar-refractivity contribution in [2.24, 2.45) is 5.10 Å². The Labute approximate surface area is 165 Å². The second-order valence-corrected chi connectivity index (χ2v) is 6.38. The lowest BCUT2D eigenvalue weighted by Gasteiger charge is -2.04. The minimum Gasteiger partial charge on any atom is -0.496 e. The summed E-state index contributed by atoms with van der Waals surface area (Å²) < 4.78 is 7.16. The van der Waals surface area contributed by atoms with Gasteiger partial charge in [-0.3, -0.25) is 0 Å². The van der Waals surface area contributed by atoms with Gasteiger partial charge in [0.2, 0.25) is 4.77 Å². The monoisotopic (exact) mass is 404 g/mol. The van der Waals surface area contributed by atoms with Gasteiger partial charge in [-0.05, 0) is 48.6 Å². The Kier molecular flexibility index (Phi) is 5.88. The third kappa shape index (κ3) is 4.04. The van der Waals surface area contributed by atoms with Crippen LogP contribution in [0, 0.1) is 4.77 Å². The maximum atomic E-state index is 6.25. The quantitative estimate of drug-likeness (QED) is 0.452. The number of nitrogens with one attached hydrogen (secondary N) is 1. The Morgan fingerprint density at radius 3 is 2.81 bits per heavy atom. The molecule has 3 aromatic rings. The number of methoxy groups -OCH3 is 1. The average molecular weight is 405 g/mol. The molecule has 0 spiro atoms. The predicted molar refractivity (Wildman–Crippen MR) is 109 cm³/mol. The van der Waals surface area contributed by atoms with Gasteiger partial charge in [0.25, 0.3) is 0 Å². The predicted octanol–water partition coefficient (Wildman–Crippen LogP) is 5.47. The first kappa shape index (κ1) is 18.4. The molecular weight excluding hydrogens is 391 g/mol. The lowest BCUT2D eigenvalue weighted by molar-refractivity contribution is 0.414. The van der Waals surface area contributed by atoms with E-state index in [0.717, 1.165) is 11.3 Å². The highest BCUT2D eigenvalue weighted by Gasteiger charge is 2.12. The molecule has 2 aromatic carbocycles. The van der Waals surface area contributed by atoms with Crippen LogP contribution in [0.2, 0.25) is 10.0 Å². The van der Waals surface area contributed by atoms with Crippen LogP contribution in [0.5, 0.6) is 5.75 Å². The van der Waals surface area contributed by atoms with Crippen molar-refractivity contribution in [2.75, 3.05) is 7.11 Å². The van der Waals surface area contributed by atoms with Gasteiger partial charge >= 0.3 is 0 Å². The van der Waals surface area contributed by atoms with Crippen molar-refractivity contribution in [3.05, 3.63) is 68.9 Å². The minimum absolute atomic E-state index is 0.355. The molecule has 0 saturated heterocycles. The fraction of sp³-hybridized carbons (Fsp3) is 0.0556. The zero-order valence-electron chi connectivity index (χ0n) is 13.7. The Morgan fingerprint density at radius 1 is 1.23 bits per heavy atom. The molecule has 0 fully saturated rings. The summed E-state index contributed by atoms with van der Waals surface area (Å²) in [5.74, 6) is 1.28. The van der Waals surface area contributed by atoms with Crippen LogP contribution < -0.4 is 4.74 Å². The number of nitrogens with zero attached hydrogens (tertiary/aromatic N) is 3. The van der Waals surface area contributed by atoms with Gasteiger partial charge < -0.3 is 4.74 Å². The number of allylic oxidation sites excluding steroid dienone is 1. The van der Waals surface area contributed by atoms with Gasteiger partial charge in [0.1, 0.15) is 5.75 Å². The molecule has 0 unspecified atom stereocenters. The van der Waals surface area contributed by atoms with Crippen LogP contribution in [-0.4, -0.2) is 28.2 Å². The molecule has 0 saturated carbocycles. The number of para-hydroxylation sites is 1. The second-order valence-electron chi connectivity index (χ2n) is 5.15. The first-order valence-corrected chi connectivity index (χ1v) is 8.73. The lowest BCUT2D eigenvalue weighted by Crippen LogP contribution is -1.94. The molecule has 26 heavy (non-hydrogen) atoms. The van der Waals surface area contributed by atoms with Crippen molar-refractivity contribution in [3.63, 3.8) is 0 Å². The Morgan fingerprint density at radius 2 is 2.04 bits per heavy atom. The number of hydrogen-bond acceptors (Lipinski definition) is 4. The van der Waals surface area contributed by atoms with E-state index < -0.39 is 0 Å². The number of halogens is 2. The van der Waals surface area contributed by atoms with Gasteiger partial charge in [0.05, 0.1) is 12.1 Å². The van der Waals surface area contributed by atoms with Crippen molar-refractivity contribution in [1.82, 2.24) is 14.9 Å². The summed E-state index contributed by atoms with van der Waals surface area (Å²) in [4.78, 5) is 0. The van der Waals surface area contributed by atoms with Gasteiger partial charge in [-0.1, -0.05) is 41.4 Å². The summed E-state index contributed by atoms with van der Waals surface area (Å²) in [7, 11) is 1.63. The summed E-state index contributed by atoms with van der Waals surface area (Å²) in [6, 6.07) is 12.8. The van der Waals surface area contributed by atoms with Crippen LogP contribution in [0.15, 0.2) is 53.6 Å². The summed E-state index contributed by atoms with van der Waals surface area (Å²) in [6.07, 6.45) is 5.30. The standard InChI is InChI=1S/C18H14Cl2N4OS/c1-25-16-7-3-2-5-12(16)6-4-10-21-24-17(22-23-18(24)26)14-9-8-13(19)11-15(14)20/h2-11H,1H3,(H,23,26). The zero-order valence-corrected chi connectivity index (χ0v) is 16.0. The number of hydrogen-bond donors (Lipinski definition) is 1. The normalized spacial score (nSPS) is 11.5. The topological polar surface area (TPSA) is 55.2 Å². The summed E-state index contributed by atoms with van der Waals surface area (Å²) in [5, 5.41) is 12.3. The van der Waals surface area contributed by atoms with Gasteiger partial charge in [-0.2, -0.15) is 14.9 Å². The fourth-order valence-corrected chi connectivity index (χ4v) is 2.97. The maximum Gasteiger partial charge on any atom is 0.216 e. The highest BCUT2D eigenvalue weighted by molar-refractivity contribution is 7.71. The number of benzene rings is 2. The molecule has 1 N–H and O–H groups in total. The van der Waals surface area contributed by atoms with Gasteiger partial charge in [0, 0.05) is 22.4 Å². The van der Waals surface area contributed by atoms with Crippen LogP contribution in [-0.2, 0) is 0 Å². The molecule has 0 radical (unpaired) electrons. The number of aromatic nitrogens is 3. The molecule has 132 valence electrons. The van der Waals surface area contributed by atoms with E-state index in [1.54, 1.807) is 37.6 Å². The van der Waals surface area contributed by atoms with Crippen LogP contribution in [0.1, 0.15) is 5.56 Å². The van der Waals surface area contributed by atoms with E-state index in [-0.39, 0.29) is 0 Å². The van der Waals surface area contributed by atoms with Crippen molar-refractivity contribution in [1.29, 1.82) is 0 Å². The number of rotatable bonds is 5. The average Bonchev–Trinajstić information content (AvgIpc) is 2.99. The van der Waals surface area contributed by atoms with Crippen LogP contribution in [0.25, 0.3) is 17.5 Å². The zero-order chi connectivity index (χ0) is 18.5. The molecule has 0 atom stereocenters. The molecule has 5 nitrogen and oxygen atoms in total. The first-order valence-electron chi connectivity index (χ1n) is 7.57. The second kappa shape index (κ2) is 8.31. The van der Waals surface area contributed by atoms with Crippen LogP contribution in [0.3, 0.4) is 0 Å². The molecule has 0 aliphatic heterocycles. The SMILES string of the molecule is COc1ccccc1C=CC=Nn1c(-c2ccc(Cl)cc2Cl)n[nH]c1=S. The minimum atomic E-state index is 0.355. The number of ether oxygens (including phenoxy) is 1. The van der Waals surface area contributed by atoms with Gasteiger partial charge in [0.15, 0.2) is 5.82 Å². The smallest absolute Gasteiger partial charge is 0.216 e. The summed E-state index contributed by atoms with van der Waals surface area (Å²) in [5.41, 5.74) is 1.62. The van der Waals surface area contributed by atoms with Crippen molar-refractivity contribution in [3.8, 4) is 17.1 Å². The highest BCUT2D eigenvalue weighted by Crippen LogP contribution is 2.29. The van der Waals surface area contributed by atoms with E-state index in [2.05, 4.69) is 15.3 Å². The summed E-state index contributed by atoms with van der Waals surface area (Å²) >= 11 is 17.4. The van der Waals surface area contributed by atoms with Crippen LogP contribution in [0.4, 0.5) is 0 Å². The van der Waals surface area contributed by atoms with E-state index in [1.807, 2.05) is 30.3 Å². The molecule has 8 heteroatoms.